The lowest BCUT2D eigenvalue weighted by Gasteiger charge is -2.20. The maximum Gasteiger partial charge on any atom is 0.274 e. The Morgan fingerprint density at radius 3 is 2.65 bits per heavy atom. The first-order chi connectivity index (χ1) is 12.6. The highest BCUT2D eigenvalue weighted by Crippen LogP contribution is 2.22. The van der Waals surface area contributed by atoms with Crippen LogP contribution >= 0.6 is 0 Å². The smallest absolute Gasteiger partial charge is 0.274 e. The van der Waals surface area contributed by atoms with Crippen LogP contribution < -0.4 is 5.32 Å². The van der Waals surface area contributed by atoms with E-state index >= 15 is 0 Å². The largest absolute Gasteiger partial charge is 0.447 e. The lowest BCUT2D eigenvalue weighted by Crippen LogP contribution is -2.30. The fourth-order valence-electron chi connectivity index (χ4n) is 2.98. The average Bonchev–Trinajstić information content (AvgIpc) is 3.28. The van der Waals surface area contributed by atoms with Crippen LogP contribution in [0.3, 0.4) is 0 Å². The van der Waals surface area contributed by atoms with Crippen molar-refractivity contribution < 1.29 is 9.21 Å². The number of nitrogens with zero attached hydrogens (tertiary/aromatic N) is 3. The fraction of sp³-hybridized carbons (Fsp3) is 0.350. The number of hydrogen-bond donors (Lipinski definition) is 1. The number of aromatic nitrogens is 3. The minimum absolute atomic E-state index is 0.0991. The molecule has 0 spiro atoms. The Morgan fingerprint density at radius 2 is 2.00 bits per heavy atom. The highest BCUT2D eigenvalue weighted by atomic mass is 16.3. The van der Waals surface area contributed by atoms with Crippen molar-refractivity contribution in [3.8, 4) is 0 Å². The number of aryl methyl sites for hydroxylation is 2. The zero-order valence-corrected chi connectivity index (χ0v) is 15.3. The van der Waals surface area contributed by atoms with Crippen LogP contribution in [0, 0.1) is 6.92 Å². The highest BCUT2D eigenvalue weighted by Gasteiger charge is 2.22. The third-order valence-corrected chi connectivity index (χ3v) is 4.42. The van der Waals surface area contributed by atoms with Gasteiger partial charge in [-0.1, -0.05) is 44.2 Å². The molecule has 0 fully saturated rings. The van der Waals surface area contributed by atoms with E-state index in [1.165, 1.54) is 6.39 Å². The van der Waals surface area contributed by atoms with Crippen LogP contribution in [0.5, 0.6) is 0 Å². The fourth-order valence-corrected chi connectivity index (χ4v) is 2.98. The van der Waals surface area contributed by atoms with Crippen molar-refractivity contribution in [2.45, 2.75) is 45.7 Å². The summed E-state index contributed by atoms with van der Waals surface area (Å²) in [7, 11) is 0. The van der Waals surface area contributed by atoms with Crippen molar-refractivity contribution in [1.82, 2.24) is 19.9 Å². The summed E-state index contributed by atoms with van der Waals surface area (Å²) in [5.74, 6) is 1.46. The second kappa shape index (κ2) is 7.99. The molecule has 136 valence electrons. The van der Waals surface area contributed by atoms with Crippen LogP contribution in [0.1, 0.15) is 59.9 Å². The Balaban J connectivity index is 1.78. The number of hydrogen-bond acceptors (Lipinski definition) is 4. The van der Waals surface area contributed by atoms with Crippen molar-refractivity contribution in [3.05, 3.63) is 72.0 Å². The van der Waals surface area contributed by atoms with E-state index in [4.69, 9.17) is 4.42 Å². The second-order valence-electron chi connectivity index (χ2n) is 6.61. The van der Waals surface area contributed by atoms with Gasteiger partial charge in [0, 0.05) is 24.9 Å². The quantitative estimate of drug-likeness (QED) is 0.701. The van der Waals surface area contributed by atoms with Gasteiger partial charge < -0.3 is 14.3 Å². The number of carbonyl (C=O) groups is 1. The second-order valence-corrected chi connectivity index (χ2v) is 6.61. The average molecular weight is 352 g/mol. The summed E-state index contributed by atoms with van der Waals surface area (Å²) in [6, 6.07) is 9.86. The third kappa shape index (κ3) is 4.02. The Hall–Kier alpha value is -2.89. The molecule has 2 aromatic heterocycles. The topological polar surface area (TPSA) is 73.0 Å². The van der Waals surface area contributed by atoms with E-state index in [1.54, 1.807) is 6.20 Å². The molecular formula is C20H24N4O2. The molecule has 0 aliphatic heterocycles. The minimum atomic E-state index is -0.210. The predicted molar refractivity (Wildman–Crippen MR) is 98.8 cm³/mol. The zero-order valence-electron chi connectivity index (χ0n) is 15.3. The molecule has 6 heteroatoms. The number of amides is 1. The summed E-state index contributed by atoms with van der Waals surface area (Å²) in [5, 5.41) is 3.12. The maximum atomic E-state index is 12.8. The van der Waals surface area contributed by atoms with Crippen LogP contribution in [-0.4, -0.2) is 20.4 Å². The normalized spacial score (nSPS) is 12.3. The van der Waals surface area contributed by atoms with E-state index in [9.17, 15) is 4.79 Å². The Morgan fingerprint density at radius 1 is 1.23 bits per heavy atom. The zero-order chi connectivity index (χ0) is 18.5. The first-order valence-electron chi connectivity index (χ1n) is 8.83. The number of oxazole rings is 1. The molecule has 1 amide bonds. The molecule has 0 saturated heterocycles. The van der Waals surface area contributed by atoms with Gasteiger partial charge >= 0.3 is 0 Å². The molecule has 26 heavy (non-hydrogen) atoms. The number of benzene rings is 1. The van der Waals surface area contributed by atoms with Crippen LogP contribution in [-0.2, 0) is 6.54 Å². The number of rotatable bonds is 7. The van der Waals surface area contributed by atoms with E-state index in [0.29, 0.717) is 11.5 Å². The van der Waals surface area contributed by atoms with Crippen LogP contribution in [0.15, 0.2) is 53.5 Å². The van der Waals surface area contributed by atoms with Crippen molar-refractivity contribution in [2.24, 2.45) is 0 Å². The molecule has 0 saturated carbocycles. The van der Waals surface area contributed by atoms with E-state index < -0.39 is 0 Å². The molecule has 1 aromatic carbocycles. The Bertz CT molecular complexity index is 852. The molecule has 0 bridgehead atoms. The van der Waals surface area contributed by atoms with Crippen LogP contribution in [0.25, 0.3) is 0 Å². The lowest BCUT2D eigenvalue weighted by atomic mass is 10.0. The SMILES string of the molecule is Cc1nccn1CC[C@H](NC(=O)c1ncoc1C(C)C)c1ccccc1. The van der Waals surface area contributed by atoms with Crippen molar-refractivity contribution in [3.63, 3.8) is 0 Å². The molecule has 0 unspecified atom stereocenters. The molecule has 2 heterocycles. The molecule has 1 N–H and O–H groups in total. The number of imidazole rings is 1. The summed E-state index contributed by atoms with van der Waals surface area (Å²) < 4.78 is 7.47. The van der Waals surface area contributed by atoms with Crippen molar-refractivity contribution >= 4 is 5.91 Å². The lowest BCUT2D eigenvalue weighted by molar-refractivity contribution is 0.0926. The van der Waals surface area contributed by atoms with Gasteiger partial charge in [0.15, 0.2) is 12.1 Å². The van der Waals surface area contributed by atoms with E-state index in [2.05, 4.69) is 19.9 Å². The van der Waals surface area contributed by atoms with Gasteiger partial charge in [0.2, 0.25) is 0 Å². The Kier molecular flexibility index (Phi) is 5.51. The van der Waals surface area contributed by atoms with Gasteiger partial charge in [-0.2, -0.15) is 0 Å². The third-order valence-electron chi connectivity index (χ3n) is 4.42. The van der Waals surface area contributed by atoms with Gasteiger partial charge in [-0.05, 0) is 18.9 Å². The van der Waals surface area contributed by atoms with Gasteiger partial charge in [0.1, 0.15) is 11.6 Å². The molecule has 0 aliphatic rings. The predicted octanol–water partition coefficient (Wildman–Crippen LogP) is 3.86. The van der Waals surface area contributed by atoms with Crippen LogP contribution in [0.2, 0.25) is 0 Å². The summed E-state index contributed by atoms with van der Waals surface area (Å²) in [6.07, 6.45) is 5.82. The summed E-state index contributed by atoms with van der Waals surface area (Å²) in [5.41, 5.74) is 1.42. The molecule has 1 atom stereocenters. The molecular weight excluding hydrogens is 328 g/mol. The van der Waals surface area contributed by atoms with Crippen molar-refractivity contribution in [1.29, 1.82) is 0 Å². The van der Waals surface area contributed by atoms with Crippen LogP contribution in [0.4, 0.5) is 0 Å². The van der Waals surface area contributed by atoms with Gasteiger partial charge in [0.25, 0.3) is 5.91 Å². The summed E-state index contributed by atoms with van der Waals surface area (Å²) >= 11 is 0. The van der Waals surface area contributed by atoms with E-state index in [0.717, 1.165) is 24.4 Å². The summed E-state index contributed by atoms with van der Waals surface area (Å²) in [4.78, 5) is 21.2. The monoisotopic (exact) mass is 352 g/mol. The molecule has 0 aliphatic carbocycles. The Labute approximate surface area is 153 Å². The number of nitrogens with one attached hydrogen (secondary N) is 1. The molecule has 3 aromatic rings. The first kappa shape index (κ1) is 17.9. The molecule has 3 rings (SSSR count). The first-order valence-corrected chi connectivity index (χ1v) is 8.83. The standard InChI is InChI=1S/C20H24N4O2/c1-14(2)19-18(22-13-26-19)20(25)23-17(16-7-5-4-6-8-16)9-11-24-12-10-21-15(24)3/h4-8,10,12-14,17H,9,11H2,1-3H3,(H,23,25)/t17-/m0/s1. The summed E-state index contributed by atoms with van der Waals surface area (Å²) in [6.45, 7) is 6.70. The van der Waals surface area contributed by atoms with Gasteiger partial charge in [-0.3, -0.25) is 4.79 Å². The number of carbonyl (C=O) groups excluding carboxylic acids is 1. The van der Waals surface area contributed by atoms with E-state index in [1.807, 2.05) is 57.3 Å². The highest BCUT2D eigenvalue weighted by molar-refractivity contribution is 5.93. The maximum absolute atomic E-state index is 12.8. The van der Waals surface area contributed by atoms with E-state index in [-0.39, 0.29) is 17.9 Å². The van der Waals surface area contributed by atoms with Gasteiger partial charge in [0.05, 0.1) is 6.04 Å². The molecule has 6 nitrogen and oxygen atoms in total. The van der Waals surface area contributed by atoms with Gasteiger partial charge in [-0.25, -0.2) is 9.97 Å². The minimum Gasteiger partial charge on any atom is -0.447 e. The van der Waals surface area contributed by atoms with Crippen molar-refractivity contribution in [2.75, 3.05) is 0 Å². The van der Waals surface area contributed by atoms with Gasteiger partial charge in [-0.15, -0.1) is 0 Å². The molecule has 0 radical (unpaired) electrons.